The van der Waals surface area contributed by atoms with Crippen LogP contribution in [0.1, 0.15) is 5.56 Å². The second-order valence-corrected chi connectivity index (χ2v) is 7.84. The van der Waals surface area contributed by atoms with E-state index in [1.165, 1.54) is 17.4 Å². The number of aryl methyl sites for hydroxylation is 1. The van der Waals surface area contributed by atoms with Crippen LogP contribution in [0, 0.1) is 6.92 Å². The summed E-state index contributed by atoms with van der Waals surface area (Å²) in [5.41, 5.74) is 1.13. The summed E-state index contributed by atoms with van der Waals surface area (Å²) in [6.45, 7) is 2.41. The Labute approximate surface area is 146 Å². The van der Waals surface area contributed by atoms with Crippen LogP contribution in [0.4, 0.5) is 0 Å². The lowest BCUT2D eigenvalue weighted by Crippen LogP contribution is -2.31. The van der Waals surface area contributed by atoms with Crippen LogP contribution >= 0.6 is 23.2 Å². The first kappa shape index (κ1) is 18.1. The van der Waals surface area contributed by atoms with E-state index in [1.54, 1.807) is 12.1 Å². The standard InChI is InChI=1S/C16H17Cl2NO3S/c1-12-6-8-13(9-7-12)22-11-10-19(2)23(20,21)15-5-3-4-14(17)16(15)18/h3-9H,10-11H2,1-2H3. The van der Waals surface area contributed by atoms with Crippen molar-refractivity contribution in [3.63, 3.8) is 0 Å². The molecule has 0 amide bonds. The molecule has 0 aliphatic heterocycles. The molecule has 0 radical (unpaired) electrons. The number of nitrogens with zero attached hydrogens (tertiary/aromatic N) is 1. The third-order valence-corrected chi connectivity index (χ3v) is 6.13. The molecule has 0 saturated heterocycles. The maximum atomic E-state index is 12.5. The van der Waals surface area contributed by atoms with Crippen molar-refractivity contribution in [1.29, 1.82) is 0 Å². The molecule has 7 heteroatoms. The second kappa shape index (κ2) is 7.53. The van der Waals surface area contributed by atoms with Crippen molar-refractivity contribution >= 4 is 33.2 Å². The van der Waals surface area contributed by atoms with E-state index in [4.69, 9.17) is 27.9 Å². The number of likely N-dealkylation sites (N-methyl/N-ethyl adjacent to an activating group) is 1. The molecule has 0 aromatic heterocycles. The van der Waals surface area contributed by atoms with Crippen LogP contribution in [-0.4, -0.2) is 32.9 Å². The van der Waals surface area contributed by atoms with Gasteiger partial charge in [0.2, 0.25) is 10.0 Å². The van der Waals surface area contributed by atoms with E-state index in [2.05, 4.69) is 0 Å². The highest BCUT2D eigenvalue weighted by molar-refractivity contribution is 7.89. The Kier molecular flexibility index (Phi) is 5.92. The van der Waals surface area contributed by atoms with Gasteiger partial charge in [0.05, 0.1) is 10.0 Å². The van der Waals surface area contributed by atoms with Crippen LogP contribution in [-0.2, 0) is 10.0 Å². The summed E-state index contributed by atoms with van der Waals surface area (Å²) < 4.78 is 31.8. The molecule has 0 bridgehead atoms. The van der Waals surface area contributed by atoms with E-state index in [0.717, 1.165) is 5.56 Å². The molecular weight excluding hydrogens is 357 g/mol. The minimum Gasteiger partial charge on any atom is -0.492 e. The van der Waals surface area contributed by atoms with E-state index in [9.17, 15) is 8.42 Å². The Morgan fingerprint density at radius 2 is 1.74 bits per heavy atom. The van der Waals surface area contributed by atoms with Crippen LogP contribution < -0.4 is 4.74 Å². The molecule has 4 nitrogen and oxygen atoms in total. The summed E-state index contributed by atoms with van der Waals surface area (Å²) in [7, 11) is -2.24. The van der Waals surface area contributed by atoms with E-state index in [1.807, 2.05) is 31.2 Å². The molecule has 2 aromatic rings. The van der Waals surface area contributed by atoms with E-state index < -0.39 is 10.0 Å². The van der Waals surface area contributed by atoms with Crippen molar-refractivity contribution in [2.75, 3.05) is 20.2 Å². The normalized spacial score (nSPS) is 11.7. The second-order valence-electron chi connectivity index (χ2n) is 5.04. The van der Waals surface area contributed by atoms with Gasteiger partial charge in [0.1, 0.15) is 17.3 Å². The van der Waals surface area contributed by atoms with Crippen molar-refractivity contribution in [3.8, 4) is 5.75 Å². The van der Waals surface area contributed by atoms with Crippen LogP contribution in [0.25, 0.3) is 0 Å². The highest BCUT2D eigenvalue weighted by Gasteiger charge is 2.24. The molecule has 0 atom stereocenters. The molecule has 23 heavy (non-hydrogen) atoms. The van der Waals surface area contributed by atoms with E-state index >= 15 is 0 Å². The first-order valence-electron chi connectivity index (χ1n) is 6.92. The maximum Gasteiger partial charge on any atom is 0.244 e. The molecule has 124 valence electrons. The molecule has 2 aromatic carbocycles. The van der Waals surface area contributed by atoms with Gasteiger partial charge < -0.3 is 4.74 Å². The summed E-state index contributed by atoms with van der Waals surface area (Å²) in [6, 6.07) is 12.1. The van der Waals surface area contributed by atoms with Crippen molar-refractivity contribution in [2.45, 2.75) is 11.8 Å². The molecule has 0 spiro atoms. The fourth-order valence-electron chi connectivity index (χ4n) is 1.90. The number of sulfonamides is 1. The van der Waals surface area contributed by atoms with Gasteiger partial charge in [-0.1, -0.05) is 47.0 Å². The predicted molar refractivity (Wildman–Crippen MR) is 93.0 cm³/mol. The summed E-state index contributed by atoms with van der Waals surface area (Å²) in [5.74, 6) is 0.696. The zero-order chi connectivity index (χ0) is 17.0. The SMILES string of the molecule is Cc1ccc(OCCN(C)S(=O)(=O)c2cccc(Cl)c2Cl)cc1. The Balaban J connectivity index is 2.03. The van der Waals surface area contributed by atoms with Gasteiger partial charge in [-0.3, -0.25) is 0 Å². The van der Waals surface area contributed by atoms with Gasteiger partial charge in [0.25, 0.3) is 0 Å². The molecule has 0 fully saturated rings. The summed E-state index contributed by atoms with van der Waals surface area (Å²) in [5, 5.41) is 0.234. The summed E-state index contributed by atoms with van der Waals surface area (Å²) in [4.78, 5) is -0.00972. The average molecular weight is 374 g/mol. The lowest BCUT2D eigenvalue weighted by Gasteiger charge is -2.18. The Hall–Kier alpha value is -1.27. The fraction of sp³-hybridized carbons (Fsp3) is 0.250. The third-order valence-electron chi connectivity index (χ3n) is 3.30. The fourth-order valence-corrected chi connectivity index (χ4v) is 3.78. The van der Waals surface area contributed by atoms with Gasteiger partial charge in [-0.15, -0.1) is 0 Å². The number of halogens is 2. The summed E-state index contributed by atoms with van der Waals surface area (Å²) in [6.07, 6.45) is 0. The van der Waals surface area contributed by atoms with Crippen molar-refractivity contribution in [2.24, 2.45) is 0 Å². The molecule has 2 rings (SSSR count). The van der Waals surface area contributed by atoms with Gasteiger partial charge in [-0.25, -0.2) is 8.42 Å². The Bertz CT molecular complexity index is 776. The first-order valence-corrected chi connectivity index (χ1v) is 9.12. The minimum atomic E-state index is -3.72. The number of hydrogen-bond donors (Lipinski definition) is 0. The smallest absolute Gasteiger partial charge is 0.244 e. The average Bonchev–Trinajstić information content (AvgIpc) is 2.51. The van der Waals surface area contributed by atoms with Crippen LogP contribution in [0.3, 0.4) is 0 Å². The third kappa shape index (κ3) is 4.38. The van der Waals surface area contributed by atoms with Gasteiger partial charge in [0, 0.05) is 13.6 Å². The van der Waals surface area contributed by atoms with Crippen molar-refractivity contribution < 1.29 is 13.2 Å². The van der Waals surface area contributed by atoms with Gasteiger partial charge in [0.15, 0.2) is 0 Å². The number of hydrogen-bond acceptors (Lipinski definition) is 3. The molecule has 0 saturated carbocycles. The monoisotopic (exact) mass is 373 g/mol. The van der Waals surface area contributed by atoms with Crippen LogP contribution in [0.5, 0.6) is 5.75 Å². The van der Waals surface area contributed by atoms with Gasteiger partial charge in [-0.05, 0) is 31.2 Å². The van der Waals surface area contributed by atoms with Crippen LogP contribution in [0.2, 0.25) is 10.0 Å². The summed E-state index contributed by atoms with van der Waals surface area (Å²) >= 11 is 11.9. The number of benzene rings is 2. The highest BCUT2D eigenvalue weighted by Crippen LogP contribution is 2.30. The predicted octanol–water partition coefficient (Wildman–Crippen LogP) is 4.00. The number of rotatable bonds is 6. The molecule has 0 aliphatic rings. The Morgan fingerprint density at radius 3 is 2.39 bits per heavy atom. The molecule has 0 aliphatic carbocycles. The maximum absolute atomic E-state index is 12.5. The largest absolute Gasteiger partial charge is 0.492 e. The van der Waals surface area contributed by atoms with Crippen molar-refractivity contribution in [3.05, 3.63) is 58.1 Å². The lowest BCUT2D eigenvalue weighted by molar-refractivity contribution is 0.287. The molecule has 0 heterocycles. The quantitative estimate of drug-likeness (QED) is 0.768. The zero-order valence-corrected chi connectivity index (χ0v) is 15.1. The minimum absolute atomic E-state index is 0.00972. The molecule has 0 unspecified atom stereocenters. The van der Waals surface area contributed by atoms with Gasteiger partial charge >= 0.3 is 0 Å². The first-order chi connectivity index (χ1) is 10.8. The molecule has 0 N–H and O–H groups in total. The Morgan fingerprint density at radius 1 is 1.09 bits per heavy atom. The zero-order valence-electron chi connectivity index (χ0n) is 12.8. The lowest BCUT2D eigenvalue weighted by atomic mass is 10.2. The van der Waals surface area contributed by atoms with E-state index in [-0.39, 0.29) is 28.1 Å². The molecular formula is C16H17Cl2NO3S. The van der Waals surface area contributed by atoms with Crippen molar-refractivity contribution in [1.82, 2.24) is 4.31 Å². The highest BCUT2D eigenvalue weighted by atomic mass is 35.5. The van der Waals surface area contributed by atoms with Gasteiger partial charge in [-0.2, -0.15) is 4.31 Å². The van der Waals surface area contributed by atoms with E-state index in [0.29, 0.717) is 5.75 Å². The number of ether oxygens (including phenoxy) is 1. The van der Waals surface area contributed by atoms with Crippen LogP contribution in [0.15, 0.2) is 47.4 Å². The topological polar surface area (TPSA) is 46.6 Å².